The predicted molar refractivity (Wildman–Crippen MR) is 124 cm³/mol. The van der Waals surface area contributed by atoms with E-state index in [-0.39, 0.29) is 11.3 Å². The molecule has 1 fully saturated rings. The van der Waals surface area contributed by atoms with Gasteiger partial charge in [0, 0.05) is 21.7 Å². The Hall–Kier alpha value is -2.43. The van der Waals surface area contributed by atoms with Crippen molar-refractivity contribution in [2.75, 3.05) is 6.54 Å². The maximum atomic E-state index is 12.7. The molecule has 1 unspecified atom stereocenters. The quantitative estimate of drug-likeness (QED) is 0.521. The molecule has 0 spiro atoms. The highest BCUT2D eigenvalue weighted by Gasteiger charge is 2.37. The number of nitrogens with one attached hydrogen (secondary N) is 1. The van der Waals surface area contributed by atoms with Gasteiger partial charge in [-0.2, -0.15) is 0 Å². The number of carbonyl (C=O) groups is 1. The SMILES string of the molecule is CC(O)c1ccc(C2(CNC(=O)Cc3ccc(-c4ccccc4)cc3)CCCC2)s1. The summed E-state index contributed by atoms with van der Waals surface area (Å²) in [6.45, 7) is 2.48. The molecule has 2 aromatic carbocycles. The van der Waals surface area contributed by atoms with E-state index in [1.165, 1.54) is 23.3 Å². The lowest BCUT2D eigenvalue weighted by Gasteiger charge is -2.28. The normalized spacial score (nSPS) is 16.3. The minimum absolute atomic E-state index is 0.0185. The van der Waals surface area contributed by atoms with Gasteiger partial charge in [0.1, 0.15) is 0 Å². The molecule has 3 aromatic rings. The van der Waals surface area contributed by atoms with Crippen LogP contribution < -0.4 is 5.32 Å². The molecule has 0 bridgehead atoms. The molecule has 1 amide bonds. The first-order chi connectivity index (χ1) is 14.6. The van der Waals surface area contributed by atoms with Crippen molar-refractivity contribution in [1.29, 1.82) is 0 Å². The Kier molecular flexibility index (Phi) is 6.35. The van der Waals surface area contributed by atoms with Crippen molar-refractivity contribution in [3.8, 4) is 11.1 Å². The van der Waals surface area contributed by atoms with Crippen LogP contribution in [0.2, 0.25) is 0 Å². The average Bonchev–Trinajstić information content (AvgIpc) is 3.44. The minimum Gasteiger partial charge on any atom is -0.388 e. The van der Waals surface area contributed by atoms with Crippen LogP contribution in [-0.2, 0) is 16.6 Å². The Morgan fingerprint density at radius 1 is 1.00 bits per heavy atom. The number of aliphatic hydroxyl groups excluding tert-OH is 1. The first-order valence-electron chi connectivity index (χ1n) is 10.8. The fraction of sp³-hybridized carbons (Fsp3) is 0.346. The van der Waals surface area contributed by atoms with Crippen LogP contribution in [0.4, 0.5) is 0 Å². The second kappa shape index (κ2) is 9.15. The van der Waals surface area contributed by atoms with E-state index in [1.807, 2.05) is 43.3 Å². The van der Waals surface area contributed by atoms with Gasteiger partial charge in [-0.15, -0.1) is 11.3 Å². The van der Waals surface area contributed by atoms with E-state index in [1.54, 1.807) is 11.3 Å². The van der Waals surface area contributed by atoms with Crippen molar-refractivity contribution in [2.24, 2.45) is 0 Å². The van der Waals surface area contributed by atoms with Gasteiger partial charge in [0.05, 0.1) is 12.5 Å². The molecule has 1 aromatic heterocycles. The Bertz CT molecular complexity index is 970. The maximum absolute atomic E-state index is 12.7. The van der Waals surface area contributed by atoms with Gasteiger partial charge >= 0.3 is 0 Å². The molecular weight excluding hydrogens is 390 g/mol. The molecule has 2 N–H and O–H groups in total. The lowest BCUT2D eigenvalue weighted by atomic mass is 9.84. The lowest BCUT2D eigenvalue weighted by Crippen LogP contribution is -2.39. The molecule has 0 aliphatic heterocycles. The summed E-state index contributed by atoms with van der Waals surface area (Å²) in [4.78, 5) is 15.0. The van der Waals surface area contributed by atoms with Crippen LogP contribution in [0.3, 0.4) is 0 Å². The smallest absolute Gasteiger partial charge is 0.224 e. The van der Waals surface area contributed by atoms with E-state index in [4.69, 9.17) is 0 Å². The van der Waals surface area contributed by atoms with Gasteiger partial charge < -0.3 is 10.4 Å². The predicted octanol–water partition coefficient (Wildman–Crippen LogP) is 5.64. The van der Waals surface area contributed by atoms with Crippen LogP contribution >= 0.6 is 11.3 Å². The molecule has 0 radical (unpaired) electrons. The third-order valence-electron chi connectivity index (χ3n) is 6.17. The lowest BCUT2D eigenvalue weighted by molar-refractivity contribution is -0.120. The van der Waals surface area contributed by atoms with Crippen molar-refractivity contribution < 1.29 is 9.90 Å². The van der Waals surface area contributed by atoms with Crippen LogP contribution in [0, 0.1) is 0 Å². The fourth-order valence-corrected chi connectivity index (χ4v) is 5.58. The van der Waals surface area contributed by atoms with Gasteiger partial charge in [-0.3, -0.25) is 4.79 Å². The summed E-state index contributed by atoms with van der Waals surface area (Å²) in [6, 6.07) is 22.7. The number of aliphatic hydroxyl groups is 1. The molecule has 1 aliphatic rings. The molecule has 3 nitrogen and oxygen atoms in total. The van der Waals surface area contributed by atoms with E-state index in [2.05, 4.69) is 35.6 Å². The maximum Gasteiger partial charge on any atom is 0.224 e. The van der Waals surface area contributed by atoms with Crippen molar-refractivity contribution in [3.63, 3.8) is 0 Å². The third kappa shape index (κ3) is 4.66. The highest BCUT2D eigenvalue weighted by Crippen LogP contribution is 2.44. The number of thiophene rings is 1. The second-order valence-electron chi connectivity index (χ2n) is 8.38. The number of benzene rings is 2. The van der Waals surface area contributed by atoms with Crippen LogP contribution in [0.25, 0.3) is 11.1 Å². The Morgan fingerprint density at radius 2 is 1.67 bits per heavy atom. The average molecular weight is 420 g/mol. The Balaban J connectivity index is 1.38. The van der Waals surface area contributed by atoms with Gasteiger partial charge in [0.2, 0.25) is 5.91 Å². The molecule has 0 saturated heterocycles. The fourth-order valence-electron chi connectivity index (χ4n) is 4.39. The van der Waals surface area contributed by atoms with Crippen LogP contribution in [0.15, 0.2) is 66.7 Å². The summed E-state index contributed by atoms with van der Waals surface area (Å²) in [5, 5.41) is 13.1. The second-order valence-corrected chi connectivity index (χ2v) is 9.50. The topological polar surface area (TPSA) is 49.3 Å². The zero-order chi connectivity index (χ0) is 21.0. The number of hydrogen-bond donors (Lipinski definition) is 2. The van der Waals surface area contributed by atoms with E-state index >= 15 is 0 Å². The van der Waals surface area contributed by atoms with E-state index in [0.29, 0.717) is 13.0 Å². The van der Waals surface area contributed by atoms with Gasteiger partial charge in [-0.05, 0) is 48.6 Å². The highest BCUT2D eigenvalue weighted by molar-refractivity contribution is 7.12. The van der Waals surface area contributed by atoms with Crippen molar-refractivity contribution in [2.45, 2.75) is 50.5 Å². The minimum atomic E-state index is -0.435. The number of hydrogen-bond acceptors (Lipinski definition) is 3. The summed E-state index contributed by atoms with van der Waals surface area (Å²) < 4.78 is 0. The Morgan fingerprint density at radius 3 is 2.30 bits per heavy atom. The summed E-state index contributed by atoms with van der Waals surface area (Å²) >= 11 is 1.69. The molecule has 1 aliphatic carbocycles. The summed E-state index contributed by atoms with van der Waals surface area (Å²) in [7, 11) is 0. The monoisotopic (exact) mass is 419 g/mol. The molecule has 4 rings (SSSR count). The van der Waals surface area contributed by atoms with Crippen LogP contribution in [0.5, 0.6) is 0 Å². The first kappa shape index (κ1) is 20.8. The highest BCUT2D eigenvalue weighted by atomic mass is 32.1. The van der Waals surface area contributed by atoms with Gasteiger partial charge in [0.15, 0.2) is 0 Å². The number of carbonyl (C=O) groups excluding carboxylic acids is 1. The van der Waals surface area contributed by atoms with Gasteiger partial charge in [0.25, 0.3) is 0 Å². The van der Waals surface area contributed by atoms with Gasteiger partial charge in [-0.1, -0.05) is 67.4 Å². The third-order valence-corrected chi connectivity index (χ3v) is 7.67. The Labute approximate surface area is 182 Å². The molecule has 4 heteroatoms. The van der Waals surface area contributed by atoms with Crippen molar-refractivity contribution >= 4 is 17.2 Å². The largest absolute Gasteiger partial charge is 0.388 e. The standard InChI is InChI=1S/C26H29NO2S/c1-19(28)23-13-14-24(30-23)26(15-5-6-16-26)18-27-25(29)17-20-9-11-22(12-10-20)21-7-3-2-4-8-21/h2-4,7-14,19,28H,5-6,15-18H2,1H3,(H,27,29). The van der Waals surface area contributed by atoms with Crippen molar-refractivity contribution in [1.82, 2.24) is 5.32 Å². The van der Waals surface area contributed by atoms with Crippen molar-refractivity contribution in [3.05, 3.63) is 82.0 Å². The summed E-state index contributed by atoms with van der Waals surface area (Å²) in [5.74, 6) is 0.0704. The molecule has 30 heavy (non-hydrogen) atoms. The van der Waals surface area contributed by atoms with Crippen LogP contribution in [0.1, 0.15) is 54.0 Å². The molecule has 1 atom stereocenters. The van der Waals surface area contributed by atoms with Crippen LogP contribution in [-0.4, -0.2) is 17.6 Å². The van der Waals surface area contributed by atoms with E-state index in [0.717, 1.165) is 28.8 Å². The summed E-state index contributed by atoms with van der Waals surface area (Å²) in [6.07, 6.45) is 4.54. The van der Waals surface area contributed by atoms with Gasteiger partial charge in [-0.25, -0.2) is 0 Å². The summed E-state index contributed by atoms with van der Waals surface area (Å²) in [5.41, 5.74) is 3.39. The first-order valence-corrected chi connectivity index (χ1v) is 11.6. The molecule has 1 heterocycles. The van der Waals surface area contributed by atoms with E-state index < -0.39 is 6.10 Å². The molecule has 1 saturated carbocycles. The zero-order valence-electron chi connectivity index (χ0n) is 17.4. The number of amides is 1. The van der Waals surface area contributed by atoms with E-state index in [9.17, 15) is 9.90 Å². The zero-order valence-corrected chi connectivity index (χ0v) is 18.3. The molecular formula is C26H29NO2S. The molecule has 156 valence electrons. The number of rotatable bonds is 7.